The number of likely N-dealkylation sites (tertiary alicyclic amines) is 2. The Balaban J connectivity index is 1.24. The fraction of sp³-hybridized carbons (Fsp3) is 0.394. The van der Waals surface area contributed by atoms with Crippen LogP contribution in [0.25, 0.3) is 10.9 Å². The number of piperidine rings is 2. The van der Waals surface area contributed by atoms with E-state index < -0.39 is 0 Å². The lowest BCUT2D eigenvalue weighted by Crippen LogP contribution is -2.35. The Kier molecular flexibility index (Phi) is 9.41. The van der Waals surface area contributed by atoms with Crippen LogP contribution in [0.1, 0.15) is 37.7 Å². The Morgan fingerprint density at radius 1 is 0.930 bits per heavy atom. The van der Waals surface area contributed by atoms with E-state index in [2.05, 4.69) is 32.1 Å². The van der Waals surface area contributed by atoms with Gasteiger partial charge in [0.1, 0.15) is 54.7 Å². The minimum Gasteiger partial charge on any atom is -0.489 e. The van der Waals surface area contributed by atoms with Gasteiger partial charge in [0, 0.05) is 44.0 Å². The number of rotatable bonds is 10. The Labute approximate surface area is 256 Å². The third kappa shape index (κ3) is 7.65. The second-order valence-corrected chi connectivity index (χ2v) is 11.7. The fourth-order valence-electron chi connectivity index (χ4n) is 5.56. The molecule has 2 fully saturated rings. The molecule has 43 heavy (non-hydrogen) atoms. The van der Waals surface area contributed by atoms with Crippen LogP contribution >= 0.6 is 11.6 Å². The first-order valence-electron chi connectivity index (χ1n) is 14.9. The van der Waals surface area contributed by atoms with E-state index in [0.717, 1.165) is 66.9 Å². The molecule has 4 aromatic rings. The molecule has 1 N–H and O–H groups in total. The van der Waals surface area contributed by atoms with Crippen LogP contribution in [0, 0.1) is 5.82 Å². The van der Waals surface area contributed by atoms with Crippen LogP contribution in [0.5, 0.6) is 17.2 Å². The van der Waals surface area contributed by atoms with E-state index >= 15 is 0 Å². The fourth-order valence-corrected chi connectivity index (χ4v) is 5.79. The lowest BCUT2D eigenvalue weighted by atomic mass is 10.1. The summed E-state index contributed by atoms with van der Waals surface area (Å²) in [5.74, 6) is 2.24. The van der Waals surface area contributed by atoms with Gasteiger partial charge in [-0.05, 0) is 68.6 Å². The van der Waals surface area contributed by atoms with Crippen molar-refractivity contribution < 1.29 is 18.6 Å². The number of ether oxygens (including phenoxy) is 3. The van der Waals surface area contributed by atoms with Gasteiger partial charge in [0.15, 0.2) is 0 Å². The molecule has 3 heterocycles. The molecule has 1 aromatic heterocycles. The van der Waals surface area contributed by atoms with Gasteiger partial charge in [-0.1, -0.05) is 30.2 Å². The summed E-state index contributed by atoms with van der Waals surface area (Å²) in [6.45, 7) is 4.84. The van der Waals surface area contributed by atoms with Crippen LogP contribution in [0.2, 0.25) is 5.02 Å². The van der Waals surface area contributed by atoms with Crippen molar-refractivity contribution in [1.29, 1.82) is 0 Å². The zero-order valence-electron chi connectivity index (χ0n) is 24.4. The lowest BCUT2D eigenvalue weighted by Gasteiger charge is -2.30. The van der Waals surface area contributed by atoms with Gasteiger partial charge in [0.05, 0.1) is 15.9 Å². The van der Waals surface area contributed by atoms with Gasteiger partial charge in [-0.2, -0.15) is 0 Å². The summed E-state index contributed by atoms with van der Waals surface area (Å²) >= 11 is 6.58. The molecule has 10 heteroatoms. The summed E-state index contributed by atoms with van der Waals surface area (Å²) in [6.07, 6.45) is 7.21. The number of nitrogens with zero attached hydrogens (tertiary/aromatic N) is 4. The number of nitrogens with one attached hydrogen (secondary N) is 1. The summed E-state index contributed by atoms with van der Waals surface area (Å²) in [6, 6.07) is 15.7. The highest BCUT2D eigenvalue weighted by atomic mass is 35.5. The lowest BCUT2D eigenvalue weighted by molar-refractivity contribution is 0.104. The van der Waals surface area contributed by atoms with Crippen molar-refractivity contribution in [1.82, 2.24) is 19.8 Å². The maximum absolute atomic E-state index is 13.5. The van der Waals surface area contributed by atoms with Crippen LogP contribution < -0.4 is 19.5 Å². The smallest absolute Gasteiger partial charge is 0.145 e. The van der Waals surface area contributed by atoms with E-state index in [9.17, 15) is 4.39 Å². The van der Waals surface area contributed by atoms with E-state index in [1.807, 2.05) is 24.3 Å². The molecule has 0 spiro atoms. The Morgan fingerprint density at radius 3 is 2.56 bits per heavy atom. The molecular formula is C33H37ClFN5O3. The normalized spacial score (nSPS) is 16.7. The van der Waals surface area contributed by atoms with Crippen molar-refractivity contribution in [3.63, 3.8) is 0 Å². The molecule has 0 saturated carbocycles. The van der Waals surface area contributed by atoms with E-state index in [1.54, 1.807) is 18.2 Å². The zero-order chi connectivity index (χ0) is 29.6. The van der Waals surface area contributed by atoms with Crippen LogP contribution in [-0.4, -0.2) is 65.8 Å². The number of fused-ring (bicyclic) bond motifs is 1. The largest absolute Gasteiger partial charge is 0.489 e. The number of hydrogen-bond acceptors (Lipinski definition) is 8. The van der Waals surface area contributed by atoms with Crippen LogP contribution in [0.3, 0.4) is 0 Å². The summed E-state index contributed by atoms with van der Waals surface area (Å²) < 4.78 is 32.3. The monoisotopic (exact) mass is 605 g/mol. The molecule has 0 radical (unpaired) electrons. The second kappa shape index (κ2) is 13.8. The molecule has 8 nitrogen and oxygen atoms in total. The highest BCUT2D eigenvalue weighted by Crippen LogP contribution is 2.38. The van der Waals surface area contributed by atoms with Crippen LogP contribution in [-0.2, 0) is 6.61 Å². The molecule has 0 unspecified atom stereocenters. The average Bonchev–Trinajstić information content (AvgIpc) is 3.01. The summed E-state index contributed by atoms with van der Waals surface area (Å²) in [7, 11) is 2.14. The highest BCUT2D eigenvalue weighted by molar-refractivity contribution is 6.32. The average molecular weight is 606 g/mol. The predicted octanol–water partition coefficient (Wildman–Crippen LogP) is 7.04. The van der Waals surface area contributed by atoms with Crippen molar-refractivity contribution in [3.8, 4) is 17.2 Å². The van der Waals surface area contributed by atoms with Gasteiger partial charge >= 0.3 is 0 Å². The van der Waals surface area contributed by atoms with Crippen molar-refractivity contribution in [3.05, 3.63) is 77.3 Å². The quantitative estimate of drug-likeness (QED) is 0.206. The molecular weight excluding hydrogens is 569 g/mol. The van der Waals surface area contributed by atoms with E-state index in [0.29, 0.717) is 29.1 Å². The topological polar surface area (TPSA) is 72.0 Å². The number of aromatic nitrogens is 2. The standard InChI is InChI=1S/C33H37ClFN5O3/c1-39-14-10-26(11-15-39)43-31-19-27(42-22-40-12-3-2-4-13-40)18-29-32(31)33(37-21-36-29)38-25-8-9-30(28(34)17-25)41-20-23-6-5-7-24(35)16-23/h5-9,16-19,21,26H,2-4,10-15,20,22H2,1H3,(H,36,37,38). The first-order chi connectivity index (χ1) is 21.0. The van der Waals surface area contributed by atoms with Crippen molar-refractivity contribution in [2.75, 3.05) is 45.3 Å². The summed E-state index contributed by atoms with van der Waals surface area (Å²) in [5.41, 5.74) is 2.19. The molecule has 2 aliphatic heterocycles. The minimum atomic E-state index is -0.302. The summed E-state index contributed by atoms with van der Waals surface area (Å²) in [5, 5.41) is 4.62. The zero-order valence-corrected chi connectivity index (χ0v) is 25.2. The molecule has 226 valence electrons. The third-order valence-electron chi connectivity index (χ3n) is 7.98. The molecule has 0 bridgehead atoms. The highest BCUT2D eigenvalue weighted by Gasteiger charge is 2.22. The first-order valence-corrected chi connectivity index (χ1v) is 15.3. The van der Waals surface area contributed by atoms with Gasteiger partial charge in [0.2, 0.25) is 0 Å². The SMILES string of the molecule is CN1CCC(Oc2cc(OCN3CCCCC3)cc3ncnc(Nc4ccc(OCc5cccc(F)c5)c(Cl)c4)c23)CC1. The molecule has 2 aliphatic rings. The van der Waals surface area contributed by atoms with Gasteiger partial charge in [-0.25, -0.2) is 14.4 Å². The first kappa shape index (κ1) is 29.4. The molecule has 0 aliphatic carbocycles. The molecule has 2 saturated heterocycles. The van der Waals surface area contributed by atoms with Gasteiger partial charge in [-0.3, -0.25) is 4.90 Å². The maximum Gasteiger partial charge on any atom is 0.145 e. The van der Waals surface area contributed by atoms with Crippen molar-refractivity contribution in [2.24, 2.45) is 0 Å². The molecule has 0 amide bonds. The van der Waals surface area contributed by atoms with E-state index in [-0.39, 0.29) is 18.5 Å². The number of halogens is 2. The van der Waals surface area contributed by atoms with Gasteiger partial charge in [-0.15, -0.1) is 0 Å². The third-order valence-corrected chi connectivity index (χ3v) is 8.27. The number of benzene rings is 3. The van der Waals surface area contributed by atoms with Gasteiger partial charge in [0.25, 0.3) is 0 Å². The van der Waals surface area contributed by atoms with Gasteiger partial charge < -0.3 is 24.4 Å². The van der Waals surface area contributed by atoms with E-state index in [1.165, 1.54) is 37.7 Å². The predicted molar refractivity (Wildman–Crippen MR) is 167 cm³/mol. The molecule has 6 rings (SSSR count). The molecule has 0 atom stereocenters. The van der Waals surface area contributed by atoms with E-state index in [4.69, 9.17) is 25.8 Å². The molecule has 3 aromatic carbocycles. The van der Waals surface area contributed by atoms with Crippen molar-refractivity contribution >= 4 is 34.0 Å². The maximum atomic E-state index is 13.5. The van der Waals surface area contributed by atoms with Crippen molar-refractivity contribution in [2.45, 2.75) is 44.8 Å². The number of anilines is 2. The van der Waals surface area contributed by atoms with Crippen LogP contribution in [0.4, 0.5) is 15.9 Å². The van der Waals surface area contributed by atoms with Crippen LogP contribution in [0.15, 0.2) is 60.9 Å². The Morgan fingerprint density at radius 2 is 1.77 bits per heavy atom. The second-order valence-electron chi connectivity index (χ2n) is 11.3. The summed E-state index contributed by atoms with van der Waals surface area (Å²) in [4.78, 5) is 13.8. The minimum absolute atomic E-state index is 0.0915. The Bertz CT molecular complexity index is 1540. The number of hydrogen-bond donors (Lipinski definition) is 1. The Hall–Kier alpha value is -3.66.